The number of aliphatic hydroxyl groups is 1. The summed E-state index contributed by atoms with van der Waals surface area (Å²) in [5, 5.41) is 10.9. The fourth-order valence-corrected chi connectivity index (χ4v) is 2.29. The molecule has 94 valence electrons. The van der Waals surface area contributed by atoms with Gasteiger partial charge in [-0.15, -0.1) is 0 Å². The minimum atomic E-state index is -0.866. The quantitative estimate of drug-likeness (QED) is 0.767. The molecule has 0 heterocycles. The standard InChI is InChI=1S/C14H11ClFIO/c1-8-2-4-10(16)7-11(8)14(18)9-3-5-13(17)12(15)6-9/h2-7,14,18H,1H3. The molecule has 1 nitrogen and oxygen atoms in total. The lowest BCUT2D eigenvalue weighted by molar-refractivity contribution is 0.219. The van der Waals surface area contributed by atoms with Crippen LogP contribution in [0, 0.1) is 16.3 Å². The summed E-state index contributed by atoms with van der Waals surface area (Å²) in [6.07, 6.45) is -0.866. The van der Waals surface area contributed by atoms with Crippen molar-refractivity contribution in [1.29, 1.82) is 0 Å². The molecule has 0 aromatic heterocycles. The molecule has 0 fully saturated rings. The first kappa shape index (κ1) is 13.8. The number of aryl methyl sites for hydroxylation is 1. The Labute approximate surface area is 124 Å². The number of hydrogen-bond acceptors (Lipinski definition) is 1. The van der Waals surface area contributed by atoms with Crippen molar-refractivity contribution in [2.75, 3.05) is 0 Å². The first-order valence-corrected chi connectivity index (χ1v) is 6.84. The van der Waals surface area contributed by atoms with E-state index in [9.17, 15) is 9.50 Å². The van der Waals surface area contributed by atoms with Crippen LogP contribution in [0.1, 0.15) is 22.8 Å². The molecule has 1 N–H and O–H groups in total. The number of aliphatic hydroxyl groups excluding tert-OH is 1. The summed E-state index contributed by atoms with van der Waals surface area (Å²) in [7, 11) is 0. The van der Waals surface area contributed by atoms with Crippen LogP contribution >= 0.6 is 34.2 Å². The molecular formula is C14H11ClFIO. The number of rotatable bonds is 2. The van der Waals surface area contributed by atoms with E-state index in [1.807, 2.05) is 13.0 Å². The van der Waals surface area contributed by atoms with Crippen LogP contribution in [-0.2, 0) is 0 Å². The summed E-state index contributed by atoms with van der Waals surface area (Å²) in [6.45, 7) is 1.84. The molecule has 2 aromatic rings. The van der Waals surface area contributed by atoms with Crippen LogP contribution < -0.4 is 0 Å². The van der Waals surface area contributed by atoms with Crippen LogP contribution in [0.4, 0.5) is 4.39 Å². The highest BCUT2D eigenvalue weighted by molar-refractivity contribution is 14.1. The van der Waals surface area contributed by atoms with Gasteiger partial charge in [-0.3, -0.25) is 0 Å². The maximum atomic E-state index is 13.2. The van der Waals surface area contributed by atoms with Crippen molar-refractivity contribution >= 4 is 34.2 Å². The molecule has 0 radical (unpaired) electrons. The normalized spacial score (nSPS) is 12.5. The molecule has 0 bridgehead atoms. The van der Waals surface area contributed by atoms with E-state index in [2.05, 4.69) is 22.6 Å². The maximum absolute atomic E-state index is 13.2. The third-order valence-electron chi connectivity index (χ3n) is 2.80. The number of hydrogen-bond donors (Lipinski definition) is 1. The monoisotopic (exact) mass is 376 g/mol. The van der Waals surface area contributed by atoms with Crippen molar-refractivity contribution in [3.63, 3.8) is 0 Å². The van der Waals surface area contributed by atoms with Crippen LogP contribution in [0.15, 0.2) is 36.4 Å². The topological polar surface area (TPSA) is 20.2 Å². The molecule has 0 saturated carbocycles. The van der Waals surface area contributed by atoms with Crippen LogP contribution in [0.2, 0.25) is 5.02 Å². The first-order valence-electron chi connectivity index (χ1n) is 5.38. The first-order chi connectivity index (χ1) is 8.49. The molecule has 1 atom stereocenters. The van der Waals surface area contributed by atoms with Crippen LogP contribution in [0.3, 0.4) is 0 Å². The predicted molar refractivity (Wildman–Crippen MR) is 79.4 cm³/mol. The zero-order valence-corrected chi connectivity index (χ0v) is 12.5. The lowest BCUT2D eigenvalue weighted by Crippen LogP contribution is -2.03. The van der Waals surface area contributed by atoms with Gasteiger partial charge in [0.05, 0.1) is 5.02 Å². The molecule has 18 heavy (non-hydrogen) atoms. The van der Waals surface area contributed by atoms with Gasteiger partial charge in [0.2, 0.25) is 0 Å². The van der Waals surface area contributed by atoms with Gasteiger partial charge >= 0.3 is 0 Å². The van der Waals surface area contributed by atoms with Gasteiger partial charge in [0.1, 0.15) is 11.9 Å². The highest BCUT2D eigenvalue weighted by Gasteiger charge is 2.14. The molecular weight excluding hydrogens is 366 g/mol. The lowest BCUT2D eigenvalue weighted by atomic mass is 9.97. The van der Waals surface area contributed by atoms with E-state index in [1.165, 1.54) is 12.1 Å². The van der Waals surface area contributed by atoms with E-state index in [4.69, 9.17) is 11.6 Å². The molecule has 1 unspecified atom stereocenters. The summed E-state index contributed by atoms with van der Waals surface area (Å²) in [4.78, 5) is 0. The van der Waals surface area contributed by atoms with Gasteiger partial charge in [0.25, 0.3) is 0 Å². The zero-order valence-electron chi connectivity index (χ0n) is 9.62. The summed E-state index contributed by atoms with van der Waals surface area (Å²) in [5.74, 6) is -0.355. The summed E-state index contributed by atoms with van der Waals surface area (Å²) < 4.78 is 14.1. The molecule has 0 aliphatic heterocycles. The second kappa shape index (κ2) is 5.55. The van der Waals surface area contributed by atoms with Crippen LogP contribution in [-0.4, -0.2) is 5.11 Å². The molecule has 4 heteroatoms. The van der Waals surface area contributed by atoms with E-state index in [0.29, 0.717) is 16.1 Å². The summed E-state index contributed by atoms with van der Waals surface area (Å²) in [5.41, 5.74) is 2.07. The largest absolute Gasteiger partial charge is 0.384 e. The summed E-state index contributed by atoms with van der Waals surface area (Å²) in [6, 6.07) is 9.72. The average Bonchev–Trinajstić information content (AvgIpc) is 2.35. The second-order valence-electron chi connectivity index (χ2n) is 4.08. The zero-order chi connectivity index (χ0) is 13.3. The molecule has 2 rings (SSSR count). The fourth-order valence-electron chi connectivity index (χ4n) is 1.77. The van der Waals surface area contributed by atoms with Crippen molar-refractivity contribution in [2.24, 2.45) is 0 Å². The molecule has 0 amide bonds. The Kier molecular flexibility index (Phi) is 4.25. The molecule has 0 aliphatic rings. The molecule has 0 aliphatic carbocycles. The van der Waals surface area contributed by atoms with E-state index >= 15 is 0 Å². The van der Waals surface area contributed by atoms with E-state index in [-0.39, 0.29) is 5.82 Å². The SMILES string of the molecule is Cc1ccc(F)cc1C(O)c1ccc(I)c(Cl)c1. The Morgan fingerprint density at radius 3 is 2.61 bits per heavy atom. The van der Waals surface area contributed by atoms with Gasteiger partial charge in [0, 0.05) is 3.57 Å². The number of benzene rings is 2. The Balaban J connectivity index is 2.44. The minimum Gasteiger partial charge on any atom is -0.384 e. The van der Waals surface area contributed by atoms with Crippen molar-refractivity contribution in [3.05, 3.63) is 67.5 Å². The molecule has 0 saturated heterocycles. The van der Waals surface area contributed by atoms with E-state index in [0.717, 1.165) is 9.13 Å². The van der Waals surface area contributed by atoms with E-state index in [1.54, 1.807) is 18.2 Å². The Morgan fingerprint density at radius 1 is 1.22 bits per heavy atom. The van der Waals surface area contributed by atoms with Gasteiger partial charge in [0.15, 0.2) is 0 Å². The van der Waals surface area contributed by atoms with E-state index < -0.39 is 6.10 Å². The molecule has 2 aromatic carbocycles. The maximum Gasteiger partial charge on any atom is 0.123 e. The van der Waals surface area contributed by atoms with Crippen molar-refractivity contribution in [1.82, 2.24) is 0 Å². The van der Waals surface area contributed by atoms with Crippen molar-refractivity contribution < 1.29 is 9.50 Å². The highest BCUT2D eigenvalue weighted by Crippen LogP contribution is 2.29. The third-order valence-corrected chi connectivity index (χ3v) is 4.37. The summed E-state index contributed by atoms with van der Waals surface area (Å²) >= 11 is 8.14. The highest BCUT2D eigenvalue weighted by atomic mass is 127. The third kappa shape index (κ3) is 2.84. The Hall–Kier alpha value is -0.650. The van der Waals surface area contributed by atoms with Crippen LogP contribution in [0.5, 0.6) is 0 Å². The van der Waals surface area contributed by atoms with Crippen molar-refractivity contribution in [3.8, 4) is 0 Å². The fraction of sp³-hybridized carbons (Fsp3) is 0.143. The predicted octanol–water partition coefficient (Wildman–Crippen LogP) is 4.47. The Bertz CT molecular complexity index is 586. The van der Waals surface area contributed by atoms with Gasteiger partial charge in [-0.2, -0.15) is 0 Å². The average molecular weight is 377 g/mol. The van der Waals surface area contributed by atoms with Crippen LogP contribution in [0.25, 0.3) is 0 Å². The Morgan fingerprint density at radius 2 is 1.94 bits per heavy atom. The number of halogens is 3. The second-order valence-corrected chi connectivity index (χ2v) is 5.65. The van der Waals surface area contributed by atoms with Crippen molar-refractivity contribution in [2.45, 2.75) is 13.0 Å². The van der Waals surface area contributed by atoms with Gasteiger partial charge in [-0.1, -0.05) is 23.7 Å². The molecule has 0 spiro atoms. The minimum absolute atomic E-state index is 0.355. The van der Waals surface area contributed by atoms with Gasteiger partial charge in [-0.25, -0.2) is 4.39 Å². The lowest BCUT2D eigenvalue weighted by Gasteiger charge is -2.15. The smallest absolute Gasteiger partial charge is 0.123 e. The van der Waals surface area contributed by atoms with Gasteiger partial charge in [-0.05, 0) is 70.5 Å². The van der Waals surface area contributed by atoms with Gasteiger partial charge < -0.3 is 5.11 Å².